The molecule has 1 spiro atoms. The van der Waals surface area contributed by atoms with E-state index in [4.69, 9.17) is 9.15 Å². The molecule has 7 heteroatoms. The topological polar surface area (TPSA) is 76.7 Å². The molecule has 1 saturated heterocycles. The molecule has 208 valence electrons. The van der Waals surface area contributed by atoms with Crippen LogP contribution < -0.4 is 10.1 Å². The molecule has 2 aliphatic heterocycles. The highest BCUT2D eigenvalue weighted by Gasteiger charge is 2.42. The van der Waals surface area contributed by atoms with Crippen LogP contribution in [0.3, 0.4) is 0 Å². The number of hydrogen-bond acceptors (Lipinski definition) is 4. The van der Waals surface area contributed by atoms with E-state index in [2.05, 4.69) is 40.2 Å². The molecule has 0 bridgehead atoms. The molecule has 2 aromatic heterocycles. The zero-order valence-corrected chi connectivity index (χ0v) is 23.1. The van der Waals surface area contributed by atoms with Gasteiger partial charge in [0, 0.05) is 24.8 Å². The third-order valence-corrected chi connectivity index (χ3v) is 8.56. The first kappa shape index (κ1) is 26.2. The van der Waals surface area contributed by atoms with E-state index >= 15 is 0 Å². The molecule has 40 heavy (non-hydrogen) atoms. The number of amides is 2. The fourth-order valence-corrected chi connectivity index (χ4v) is 6.17. The SMILES string of the molecule is C[C@@H]1COc2ccccc2CCCCC2(CCN(C(=O)c3ccc(Cn4ccc5ccccc54)o3)CC2)C(=O)N1. The van der Waals surface area contributed by atoms with Crippen LogP contribution in [0, 0.1) is 5.41 Å². The number of nitrogens with one attached hydrogen (secondary N) is 1. The number of carbonyl (C=O) groups excluding carboxylic acids is 2. The first-order valence-corrected chi connectivity index (χ1v) is 14.4. The van der Waals surface area contributed by atoms with Crippen LogP contribution in [0.1, 0.15) is 60.9 Å². The van der Waals surface area contributed by atoms with E-state index < -0.39 is 5.41 Å². The van der Waals surface area contributed by atoms with Crippen LogP contribution in [-0.4, -0.2) is 47.0 Å². The fraction of sp³-hybridized carbons (Fsp3) is 0.394. The van der Waals surface area contributed by atoms with E-state index in [1.165, 1.54) is 10.9 Å². The smallest absolute Gasteiger partial charge is 0.289 e. The lowest BCUT2D eigenvalue weighted by Crippen LogP contribution is -2.52. The van der Waals surface area contributed by atoms with Crippen molar-refractivity contribution in [3.8, 4) is 5.75 Å². The molecule has 1 atom stereocenters. The molecule has 1 N–H and O–H groups in total. The number of furan rings is 1. The number of aryl methyl sites for hydroxylation is 1. The Morgan fingerprint density at radius 3 is 2.65 bits per heavy atom. The number of benzene rings is 2. The second kappa shape index (κ2) is 11.2. The maximum absolute atomic E-state index is 13.6. The first-order chi connectivity index (χ1) is 19.5. The van der Waals surface area contributed by atoms with Gasteiger partial charge >= 0.3 is 0 Å². The van der Waals surface area contributed by atoms with Gasteiger partial charge in [-0.1, -0.05) is 42.8 Å². The lowest BCUT2D eigenvalue weighted by molar-refractivity contribution is -0.135. The van der Waals surface area contributed by atoms with Crippen molar-refractivity contribution in [3.63, 3.8) is 0 Å². The molecule has 4 heterocycles. The number of ether oxygens (including phenoxy) is 1. The molecule has 0 aliphatic carbocycles. The van der Waals surface area contributed by atoms with Crippen LogP contribution in [0.25, 0.3) is 10.9 Å². The fourth-order valence-electron chi connectivity index (χ4n) is 6.17. The summed E-state index contributed by atoms with van der Waals surface area (Å²) in [6.45, 7) is 4.07. The third-order valence-electron chi connectivity index (χ3n) is 8.56. The minimum atomic E-state index is -0.465. The average Bonchev–Trinajstić information content (AvgIpc) is 3.62. The van der Waals surface area contributed by atoms with Crippen molar-refractivity contribution in [2.24, 2.45) is 5.41 Å². The Labute approximate surface area is 235 Å². The van der Waals surface area contributed by atoms with Gasteiger partial charge in [-0.3, -0.25) is 9.59 Å². The Morgan fingerprint density at radius 1 is 0.975 bits per heavy atom. The largest absolute Gasteiger partial charge is 0.491 e. The van der Waals surface area contributed by atoms with Crippen molar-refractivity contribution < 1.29 is 18.7 Å². The molecule has 4 aromatic rings. The van der Waals surface area contributed by atoms with Crippen molar-refractivity contribution in [3.05, 3.63) is 90.0 Å². The highest BCUT2D eigenvalue weighted by atomic mass is 16.5. The predicted octanol–water partition coefficient (Wildman–Crippen LogP) is 5.82. The molecular formula is C33H37N3O4. The van der Waals surface area contributed by atoms with E-state index in [1.807, 2.05) is 48.4 Å². The highest BCUT2D eigenvalue weighted by molar-refractivity contribution is 5.92. The summed E-state index contributed by atoms with van der Waals surface area (Å²) in [7, 11) is 0. The Hall–Kier alpha value is -4.00. The second-order valence-corrected chi connectivity index (χ2v) is 11.3. The van der Waals surface area contributed by atoms with Crippen LogP contribution in [-0.2, 0) is 17.8 Å². The number of aromatic nitrogens is 1. The number of para-hydroxylation sites is 2. The maximum Gasteiger partial charge on any atom is 0.289 e. The van der Waals surface area contributed by atoms with E-state index in [9.17, 15) is 9.59 Å². The maximum atomic E-state index is 13.6. The summed E-state index contributed by atoms with van der Waals surface area (Å²) >= 11 is 0. The quantitative estimate of drug-likeness (QED) is 0.356. The summed E-state index contributed by atoms with van der Waals surface area (Å²) in [5.41, 5.74) is 1.89. The summed E-state index contributed by atoms with van der Waals surface area (Å²) < 4.78 is 14.2. The van der Waals surface area contributed by atoms with E-state index in [1.54, 1.807) is 6.07 Å². The van der Waals surface area contributed by atoms with Gasteiger partial charge in [0.1, 0.15) is 18.1 Å². The minimum absolute atomic E-state index is 0.0868. The van der Waals surface area contributed by atoms with Crippen molar-refractivity contribution in [1.82, 2.24) is 14.8 Å². The molecule has 2 aliphatic rings. The molecular weight excluding hydrogens is 502 g/mol. The van der Waals surface area contributed by atoms with Gasteiger partial charge in [-0.15, -0.1) is 0 Å². The number of hydrogen-bond donors (Lipinski definition) is 1. The molecule has 0 radical (unpaired) electrons. The van der Waals surface area contributed by atoms with Gasteiger partial charge in [-0.05, 0) is 80.3 Å². The standard InChI is InChI=1S/C33H37N3O4/c1-24-23-39-29-12-5-3-9-26(29)10-6-7-16-33(32(38)34-24)17-20-35(21-18-33)31(37)30-14-13-27(40-30)22-36-19-15-25-8-2-4-11-28(25)36/h2-5,8-9,11-15,19,24H,6-7,10,16-18,20-23H2,1H3,(H,34,38)/t24-/m1/s1. The van der Waals surface area contributed by atoms with Crippen LogP contribution in [0.5, 0.6) is 5.75 Å². The van der Waals surface area contributed by atoms with Gasteiger partial charge in [0.2, 0.25) is 5.91 Å². The number of rotatable bonds is 3. The Balaban J connectivity index is 1.10. The molecule has 0 unspecified atom stereocenters. The van der Waals surface area contributed by atoms with Gasteiger partial charge in [0.25, 0.3) is 5.91 Å². The number of nitrogens with zero attached hydrogens (tertiary/aromatic N) is 2. The van der Waals surface area contributed by atoms with E-state index in [-0.39, 0.29) is 17.9 Å². The second-order valence-electron chi connectivity index (χ2n) is 11.3. The molecule has 2 amide bonds. The van der Waals surface area contributed by atoms with Crippen LogP contribution in [0.4, 0.5) is 0 Å². The molecule has 6 rings (SSSR count). The highest BCUT2D eigenvalue weighted by Crippen LogP contribution is 2.38. The average molecular weight is 540 g/mol. The van der Waals surface area contributed by atoms with Gasteiger partial charge < -0.3 is 23.9 Å². The number of likely N-dealkylation sites (tertiary alicyclic amines) is 1. The molecule has 2 aromatic carbocycles. The number of fused-ring (bicyclic) bond motifs is 2. The lowest BCUT2D eigenvalue weighted by atomic mass is 9.73. The first-order valence-electron chi connectivity index (χ1n) is 14.4. The zero-order valence-electron chi connectivity index (χ0n) is 23.1. The summed E-state index contributed by atoms with van der Waals surface area (Å²) in [4.78, 5) is 28.8. The molecule has 1 fully saturated rings. The number of piperidine rings is 1. The van der Waals surface area contributed by atoms with E-state index in [0.717, 1.165) is 42.7 Å². The van der Waals surface area contributed by atoms with E-state index in [0.29, 0.717) is 44.8 Å². The van der Waals surface area contributed by atoms with Crippen LogP contribution >= 0.6 is 0 Å². The number of carbonyl (C=O) groups is 2. The predicted molar refractivity (Wildman–Crippen MR) is 154 cm³/mol. The molecule has 7 nitrogen and oxygen atoms in total. The zero-order chi connectivity index (χ0) is 27.5. The Bertz CT molecular complexity index is 1490. The Morgan fingerprint density at radius 2 is 1.77 bits per heavy atom. The van der Waals surface area contributed by atoms with Gasteiger partial charge in [-0.2, -0.15) is 0 Å². The van der Waals surface area contributed by atoms with Crippen molar-refractivity contribution >= 4 is 22.7 Å². The summed E-state index contributed by atoms with van der Waals surface area (Å²) in [6, 6.07) is 22.0. The summed E-state index contributed by atoms with van der Waals surface area (Å²) in [5.74, 6) is 1.99. The van der Waals surface area contributed by atoms with Gasteiger partial charge in [0.05, 0.1) is 18.0 Å². The summed E-state index contributed by atoms with van der Waals surface area (Å²) in [6.07, 6.45) is 7.06. The van der Waals surface area contributed by atoms with Gasteiger partial charge in [-0.25, -0.2) is 0 Å². The van der Waals surface area contributed by atoms with Gasteiger partial charge in [0.15, 0.2) is 5.76 Å². The van der Waals surface area contributed by atoms with Crippen molar-refractivity contribution in [2.75, 3.05) is 19.7 Å². The monoisotopic (exact) mass is 539 g/mol. The lowest BCUT2D eigenvalue weighted by Gasteiger charge is -2.41. The minimum Gasteiger partial charge on any atom is -0.491 e. The normalized spacial score (nSPS) is 19.8. The van der Waals surface area contributed by atoms with Crippen LogP contribution in [0.15, 0.2) is 77.3 Å². The molecule has 0 saturated carbocycles. The third kappa shape index (κ3) is 5.37. The summed E-state index contributed by atoms with van der Waals surface area (Å²) in [5, 5.41) is 4.39. The Kier molecular flexibility index (Phi) is 7.37. The van der Waals surface area contributed by atoms with Crippen molar-refractivity contribution in [1.29, 1.82) is 0 Å². The van der Waals surface area contributed by atoms with Crippen LogP contribution in [0.2, 0.25) is 0 Å². The van der Waals surface area contributed by atoms with Crippen molar-refractivity contribution in [2.45, 2.75) is 58.0 Å².